The van der Waals surface area contributed by atoms with Crippen LogP contribution in [0.4, 0.5) is 0 Å². The van der Waals surface area contributed by atoms with Crippen molar-refractivity contribution in [1.29, 1.82) is 0 Å². The molecule has 1 N–H and O–H groups in total. The highest BCUT2D eigenvalue weighted by atomic mass is 127. The predicted octanol–water partition coefficient (Wildman–Crippen LogP) is 2.44. The summed E-state index contributed by atoms with van der Waals surface area (Å²) in [4.78, 5) is 9.51. The van der Waals surface area contributed by atoms with Gasteiger partial charge in [0.2, 0.25) is 0 Å². The lowest BCUT2D eigenvalue weighted by Crippen LogP contribution is -2.40. The molecule has 0 saturated carbocycles. The zero-order valence-electron chi connectivity index (χ0n) is 17.9. The molecule has 7 nitrogen and oxygen atoms in total. The highest BCUT2D eigenvalue weighted by Gasteiger charge is 2.15. The molecule has 164 valence electrons. The predicted molar refractivity (Wildman–Crippen MR) is 127 cm³/mol. The van der Waals surface area contributed by atoms with Crippen LogP contribution in [0.2, 0.25) is 0 Å². The Hall–Kier alpha value is -1.26. The molecular weight excluding hydrogens is 483 g/mol. The zero-order chi connectivity index (χ0) is 19.8. The number of hydrogen-bond donors (Lipinski definition) is 1. The van der Waals surface area contributed by atoms with E-state index in [9.17, 15) is 0 Å². The minimum absolute atomic E-state index is 0. The molecule has 1 atom stereocenters. The molecule has 1 aromatic carbocycles. The average molecular weight is 518 g/mol. The van der Waals surface area contributed by atoms with Gasteiger partial charge in [-0.3, -0.25) is 9.89 Å². The van der Waals surface area contributed by atoms with Gasteiger partial charge in [0.15, 0.2) is 17.5 Å². The number of fused-ring (bicyclic) bond motifs is 1. The standard InChI is InChI=1S/C21H34N4O3.HI/c1-4-22-21(23-14-17(2)15-25-7-9-26-10-8-25)24(3)16-18-5-6-19-20(13-18)28-12-11-27-19;/h5-6,13,17H,4,7-12,14-16H2,1-3H3,(H,22,23);1H. The third-order valence-corrected chi connectivity index (χ3v) is 4.95. The zero-order valence-corrected chi connectivity index (χ0v) is 20.2. The van der Waals surface area contributed by atoms with Gasteiger partial charge >= 0.3 is 0 Å². The number of hydrogen-bond acceptors (Lipinski definition) is 5. The summed E-state index contributed by atoms with van der Waals surface area (Å²) in [5.74, 6) is 3.11. The van der Waals surface area contributed by atoms with Crippen LogP contribution in [0.3, 0.4) is 0 Å². The van der Waals surface area contributed by atoms with Crippen molar-refractivity contribution in [2.24, 2.45) is 10.9 Å². The summed E-state index contributed by atoms with van der Waals surface area (Å²) in [6, 6.07) is 6.15. The van der Waals surface area contributed by atoms with Gasteiger partial charge < -0.3 is 24.4 Å². The van der Waals surface area contributed by atoms with E-state index >= 15 is 0 Å². The Kier molecular flexibility index (Phi) is 10.3. The maximum absolute atomic E-state index is 5.70. The van der Waals surface area contributed by atoms with Crippen LogP contribution in [-0.2, 0) is 11.3 Å². The van der Waals surface area contributed by atoms with E-state index in [0.29, 0.717) is 19.1 Å². The number of nitrogens with zero attached hydrogens (tertiary/aromatic N) is 3. The van der Waals surface area contributed by atoms with E-state index in [1.165, 1.54) is 5.56 Å². The summed E-state index contributed by atoms with van der Waals surface area (Å²) in [5.41, 5.74) is 1.18. The van der Waals surface area contributed by atoms with Crippen molar-refractivity contribution in [3.05, 3.63) is 23.8 Å². The van der Waals surface area contributed by atoms with Gasteiger partial charge in [0.25, 0.3) is 0 Å². The average Bonchev–Trinajstić information content (AvgIpc) is 2.71. The number of ether oxygens (including phenoxy) is 3. The van der Waals surface area contributed by atoms with E-state index in [0.717, 1.165) is 69.9 Å². The first-order chi connectivity index (χ1) is 13.7. The van der Waals surface area contributed by atoms with Crippen LogP contribution >= 0.6 is 24.0 Å². The van der Waals surface area contributed by atoms with E-state index < -0.39 is 0 Å². The van der Waals surface area contributed by atoms with Crippen LogP contribution in [0.5, 0.6) is 11.5 Å². The Labute approximate surface area is 191 Å². The van der Waals surface area contributed by atoms with Gasteiger partial charge in [-0.25, -0.2) is 0 Å². The number of benzene rings is 1. The highest BCUT2D eigenvalue weighted by Crippen LogP contribution is 2.31. The van der Waals surface area contributed by atoms with Gasteiger partial charge in [0, 0.05) is 46.3 Å². The Morgan fingerprint density at radius 1 is 1.17 bits per heavy atom. The smallest absolute Gasteiger partial charge is 0.193 e. The molecule has 2 heterocycles. The Bertz CT molecular complexity index is 653. The molecule has 0 amide bonds. The fraction of sp³-hybridized carbons (Fsp3) is 0.667. The summed E-state index contributed by atoms with van der Waals surface area (Å²) >= 11 is 0. The molecule has 0 bridgehead atoms. The van der Waals surface area contributed by atoms with E-state index in [1.807, 2.05) is 6.07 Å². The number of rotatable bonds is 7. The fourth-order valence-electron chi connectivity index (χ4n) is 3.53. The molecule has 2 aliphatic heterocycles. The number of morpholine rings is 1. The van der Waals surface area contributed by atoms with Gasteiger partial charge in [-0.15, -0.1) is 24.0 Å². The lowest BCUT2D eigenvalue weighted by atomic mass is 10.1. The molecule has 1 saturated heterocycles. The van der Waals surface area contributed by atoms with Crippen molar-refractivity contribution in [3.8, 4) is 11.5 Å². The monoisotopic (exact) mass is 518 g/mol. The Morgan fingerprint density at radius 2 is 1.90 bits per heavy atom. The van der Waals surface area contributed by atoms with Gasteiger partial charge in [-0.1, -0.05) is 13.0 Å². The minimum atomic E-state index is 0. The fourth-order valence-corrected chi connectivity index (χ4v) is 3.53. The van der Waals surface area contributed by atoms with Crippen LogP contribution in [0.1, 0.15) is 19.4 Å². The largest absolute Gasteiger partial charge is 0.486 e. The van der Waals surface area contributed by atoms with E-state index in [-0.39, 0.29) is 24.0 Å². The van der Waals surface area contributed by atoms with E-state index in [4.69, 9.17) is 19.2 Å². The lowest BCUT2D eigenvalue weighted by Gasteiger charge is -2.29. The molecule has 2 aliphatic rings. The molecule has 1 unspecified atom stereocenters. The van der Waals surface area contributed by atoms with E-state index in [1.54, 1.807) is 0 Å². The van der Waals surface area contributed by atoms with Crippen LogP contribution in [0, 0.1) is 5.92 Å². The van der Waals surface area contributed by atoms with Crippen LogP contribution in [0.25, 0.3) is 0 Å². The minimum Gasteiger partial charge on any atom is -0.486 e. The number of aliphatic imine (C=N–C) groups is 1. The summed E-state index contributed by atoms with van der Waals surface area (Å²) in [6.07, 6.45) is 0. The SMILES string of the molecule is CCNC(=NCC(C)CN1CCOCC1)N(C)Cc1ccc2c(c1)OCCO2.I. The normalized spacial score (nSPS) is 18.0. The molecule has 0 spiro atoms. The number of guanidine groups is 1. The molecule has 0 radical (unpaired) electrons. The topological polar surface area (TPSA) is 58.6 Å². The van der Waals surface area contributed by atoms with Gasteiger partial charge in [-0.05, 0) is 30.5 Å². The third-order valence-electron chi connectivity index (χ3n) is 4.95. The van der Waals surface area contributed by atoms with Crippen LogP contribution < -0.4 is 14.8 Å². The summed E-state index contributed by atoms with van der Waals surface area (Å²) in [5, 5.41) is 3.41. The molecule has 0 aliphatic carbocycles. The molecule has 1 fully saturated rings. The third kappa shape index (κ3) is 7.49. The molecule has 8 heteroatoms. The molecular formula is C21H35IN4O3. The summed E-state index contributed by atoms with van der Waals surface area (Å²) in [6.45, 7) is 12.8. The second-order valence-electron chi connectivity index (χ2n) is 7.55. The van der Waals surface area contributed by atoms with Crippen molar-refractivity contribution >= 4 is 29.9 Å². The second-order valence-corrected chi connectivity index (χ2v) is 7.55. The highest BCUT2D eigenvalue weighted by molar-refractivity contribution is 14.0. The Morgan fingerprint density at radius 3 is 2.62 bits per heavy atom. The first kappa shape index (κ1) is 24.0. The molecule has 29 heavy (non-hydrogen) atoms. The van der Waals surface area contributed by atoms with Gasteiger partial charge in [0.1, 0.15) is 13.2 Å². The second kappa shape index (κ2) is 12.4. The van der Waals surface area contributed by atoms with Gasteiger partial charge in [-0.2, -0.15) is 0 Å². The van der Waals surface area contributed by atoms with Crippen molar-refractivity contribution in [2.75, 3.05) is 66.2 Å². The summed E-state index contributed by atoms with van der Waals surface area (Å²) in [7, 11) is 2.07. The number of nitrogens with one attached hydrogen (secondary N) is 1. The molecule has 0 aromatic heterocycles. The van der Waals surface area contributed by atoms with E-state index in [2.05, 4.69) is 48.1 Å². The first-order valence-electron chi connectivity index (χ1n) is 10.3. The van der Waals surface area contributed by atoms with Crippen molar-refractivity contribution in [3.63, 3.8) is 0 Å². The maximum Gasteiger partial charge on any atom is 0.193 e. The number of halogens is 1. The van der Waals surface area contributed by atoms with Crippen LogP contribution in [0.15, 0.2) is 23.2 Å². The quantitative estimate of drug-likeness (QED) is 0.340. The summed E-state index contributed by atoms with van der Waals surface area (Å²) < 4.78 is 16.7. The Balaban J connectivity index is 0.00000300. The maximum atomic E-state index is 5.70. The van der Waals surface area contributed by atoms with Crippen molar-refractivity contribution in [1.82, 2.24) is 15.1 Å². The molecule has 1 aromatic rings. The van der Waals surface area contributed by atoms with Crippen molar-refractivity contribution < 1.29 is 14.2 Å². The lowest BCUT2D eigenvalue weighted by molar-refractivity contribution is 0.0323. The molecule has 3 rings (SSSR count). The van der Waals surface area contributed by atoms with Gasteiger partial charge in [0.05, 0.1) is 13.2 Å². The first-order valence-corrected chi connectivity index (χ1v) is 10.3. The van der Waals surface area contributed by atoms with Crippen molar-refractivity contribution in [2.45, 2.75) is 20.4 Å². The van der Waals surface area contributed by atoms with Crippen LogP contribution in [-0.4, -0.2) is 82.0 Å².